The Bertz CT molecular complexity index is 587. The molecule has 3 N–H and O–H groups in total. The molecule has 0 amide bonds. The van der Waals surface area contributed by atoms with Gasteiger partial charge in [0.1, 0.15) is 12.4 Å². The van der Waals surface area contributed by atoms with Crippen LogP contribution in [0, 0.1) is 0 Å². The minimum Gasteiger partial charge on any atom is -0.492 e. The minimum absolute atomic E-state index is 0.0195. The summed E-state index contributed by atoms with van der Waals surface area (Å²) in [5.74, 6) is 0.176. The average Bonchev–Trinajstić information content (AvgIpc) is 2.37. The fourth-order valence-corrected chi connectivity index (χ4v) is 2.90. The Morgan fingerprint density at radius 1 is 1.45 bits per heavy atom. The number of benzene rings is 1. The van der Waals surface area contributed by atoms with Gasteiger partial charge in [0.05, 0.1) is 17.1 Å². The van der Waals surface area contributed by atoms with Crippen LogP contribution in [-0.2, 0) is 9.84 Å². The standard InChI is InChI=1S/C12H17ClN2O4S/c1-2-6-20(17,18)7-5-19-11-8-9(13)3-4-10(11)12(14)15-16/h3-4,8,16H,2,5-7H2,1H3,(H2,14,15). The molecule has 0 fully saturated rings. The molecule has 0 aromatic heterocycles. The van der Waals surface area contributed by atoms with Crippen molar-refractivity contribution in [2.24, 2.45) is 10.9 Å². The highest BCUT2D eigenvalue weighted by atomic mass is 35.5. The van der Waals surface area contributed by atoms with Crippen LogP contribution in [0.1, 0.15) is 18.9 Å². The van der Waals surface area contributed by atoms with Crippen molar-refractivity contribution in [1.82, 2.24) is 0 Å². The summed E-state index contributed by atoms with van der Waals surface area (Å²) in [6.45, 7) is 1.78. The van der Waals surface area contributed by atoms with E-state index in [0.717, 1.165) is 0 Å². The van der Waals surface area contributed by atoms with E-state index in [9.17, 15) is 8.42 Å². The lowest BCUT2D eigenvalue weighted by Crippen LogP contribution is -2.19. The lowest BCUT2D eigenvalue weighted by atomic mass is 10.2. The van der Waals surface area contributed by atoms with Gasteiger partial charge in [-0.25, -0.2) is 8.42 Å². The molecule has 0 atom stereocenters. The molecule has 0 heterocycles. The summed E-state index contributed by atoms with van der Waals surface area (Å²) >= 11 is 5.84. The third kappa shape index (κ3) is 4.90. The predicted molar refractivity (Wildman–Crippen MR) is 78.4 cm³/mol. The number of halogens is 1. The average molecular weight is 321 g/mol. The first-order valence-corrected chi connectivity index (χ1v) is 8.20. The van der Waals surface area contributed by atoms with Crippen LogP contribution >= 0.6 is 11.6 Å². The van der Waals surface area contributed by atoms with Crippen molar-refractivity contribution in [2.45, 2.75) is 13.3 Å². The Balaban J connectivity index is 2.80. The van der Waals surface area contributed by atoms with Crippen LogP contribution < -0.4 is 10.5 Å². The Morgan fingerprint density at radius 2 is 2.15 bits per heavy atom. The van der Waals surface area contributed by atoms with Crippen LogP contribution in [0.15, 0.2) is 23.4 Å². The highest BCUT2D eigenvalue weighted by Crippen LogP contribution is 2.23. The Kier molecular flexibility index (Phi) is 6.09. The van der Waals surface area contributed by atoms with E-state index >= 15 is 0 Å². The predicted octanol–water partition coefficient (Wildman–Crippen LogP) is 1.64. The summed E-state index contributed by atoms with van der Waals surface area (Å²) in [4.78, 5) is 0. The van der Waals surface area contributed by atoms with Crippen molar-refractivity contribution in [2.75, 3.05) is 18.1 Å². The summed E-state index contributed by atoms with van der Waals surface area (Å²) < 4.78 is 28.5. The first kappa shape index (κ1) is 16.6. The van der Waals surface area contributed by atoms with Gasteiger partial charge in [0, 0.05) is 5.02 Å². The van der Waals surface area contributed by atoms with Crippen LogP contribution in [0.5, 0.6) is 5.75 Å². The van der Waals surface area contributed by atoms with Gasteiger partial charge in [0.25, 0.3) is 0 Å². The summed E-state index contributed by atoms with van der Waals surface area (Å²) in [6.07, 6.45) is 0.564. The Labute approximate surface area is 123 Å². The molecule has 0 aliphatic heterocycles. The van der Waals surface area contributed by atoms with E-state index < -0.39 is 9.84 Å². The van der Waals surface area contributed by atoms with E-state index in [-0.39, 0.29) is 29.7 Å². The lowest BCUT2D eigenvalue weighted by Gasteiger charge is -2.11. The molecule has 8 heteroatoms. The van der Waals surface area contributed by atoms with Crippen molar-refractivity contribution in [3.63, 3.8) is 0 Å². The fourth-order valence-electron chi connectivity index (χ4n) is 1.57. The third-order valence-corrected chi connectivity index (χ3v) is 4.55. The molecule has 0 saturated carbocycles. The number of hydrogen-bond donors (Lipinski definition) is 2. The highest BCUT2D eigenvalue weighted by Gasteiger charge is 2.12. The summed E-state index contributed by atoms with van der Waals surface area (Å²) in [7, 11) is -3.12. The lowest BCUT2D eigenvalue weighted by molar-refractivity contribution is 0.317. The smallest absolute Gasteiger partial charge is 0.173 e. The fraction of sp³-hybridized carbons (Fsp3) is 0.417. The number of rotatable bonds is 7. The van der Waals surface area contributed by atoms with E-state index in [2.05, 4.69) is 5.16 Å². The zero-order chi connectivity index (χ0) is 15.2. The summed E-state index contributed by atoms with van der Waals surface area (Å²) in [5, 5.41) is 12.0. The molecule has 112 valence electrons. The van der Waals surface area contributed by atoms with Gasteiger partial charge < -0.3 is 15.7 Å². The molecular weight excluding hydrogens is 304 g/mol. The number of ether oxygens (including phenoxy) is 1. The van der Waals surface area contributed by atoms with E-state index in [1.807, 2.05) is 0 Å². The van der Waals surface area contributed by atoms with Gasteiger partial charge in [0.2, 0.25) is 0 Å². The topological polar surface area (TPSA) is 102 Å². The van der Waals surface area contributed by atoms with Gasteiger partial charge in [0.15, 0.2) is 15.7 Å². The number of oxime groups is 1. The largest absolute Gasteiger partial charge is 0.492 e. The van der Waals surface area contributed by atoms with Crippen molar-refractivity contribution >= 4 is 27.3 Å². The van der Waals surface area contributed by atoms with Crippen molar-refractivity contribution in [3.05, 3.63) is 28.8 Å². The molecular formula is C12H17ClN2O4S. The maximum absolute atomic E-state index is 11.6. The molecule has 0 aliphatic rings. The minimum atomic E-state index is -3.12. The first-order chi connectivity index (χ1) is 9.39. The van der Waals surface area contributed by atoms with Gasteiger partial charge in [-0.2, -0.15) is 0 Å². The van der Waals surface area contributed by atoms with Crippen molar-refractivity contribution < 1.29 is 18.4 Å². The van der Waals surface area contributed by atoms with E-state index in [1.54, 1.807) is 13.0 Å². The first-order valence-electron chi connectivity index (χ1n) is 6.00. The summed E-state index contributed by atoms with van der Waals surface area (Å²) in [5.41, 5.74) is 5.86. The van der Waals surface area contributed by atoms with E-state index in [1.165, 1.54) is 12.1 Å². The number of sulfone groups is 1. The Hall–Kier alpha value is -1.47. The molecule has 6 nitrogen and oxygen atoms in total. The molecule has 0 spiro atoms. The van der Waals surface area contributed by atoms with Gasteiger partial charge in [-0.3, -0.25) is 0 Å². The molecule has 0 radical (unpaired) electrons. The number of nitrogens with two attached hydrogens (primary N) is 1. The molecule has 0 bridgehead atoms. The zero-order valence-corrected chi connectivity index (χ0v) is 12.6. The SMILES string of the molecule is CCCS(=O)(=O)CCOc1cc(Cl)ccc1/C(N)=N/O. The van der Waals surface area contributed by atoms with Crippen LogP contribution in [0.25, 0.3) is 0 Å². The molecule has 1 aromatic rings. The van der Waals surface area contributed by atoms with Crippen molar-refractivity contribution in [1.29, 1.82) is 0 Å². The van der Waals surface area contributed by atoms with Crippen LogP contribution in [0.4, 0.5) is 0 Å². The molecule has 0 aliphatic carbocycles. The van der Waals surface area contributed by atoms with E-state index in [0.29, 0.717) is 17.0 Å². The molecule has 20 heavy (non-hydrogen) atoms. The monoisotopic (exact) mass is 320 g/mol. The number of nitrogens with zero attached hydrogens (tertiary/aromatic N) is 1. The maximum atomic E-state index is 11.6. The molecule has 1 aromatic carbocycles. The van der Waals surface area contributed by atoms with Gasteiger partial charge >= 0.3 is 0 Å². The second kappa shape index (κ2) is 7.35. The highest BCUT2D eigenvalue weighted by molar-refractivity contribution is 7.91. The van der Waals surface area contributed by atoms with Gasteiger partial charge in [-0.1, -0.05) is 23.7 Å². The van der Waals surface area contributed by atoms with Crippen LogP contribution in [-0.4, -0.2) is 37.6 Å². The van der Waals surface area contributed by atoms with Crippen LogP contribution in [0.3, 0.4) is 0 Å². The molecule has 0 unspecified atom stereocenters. The van der Waals surface area contributed by atoms with E-state index in [4.69, 9.17) is 27.3 Å². The Morgan fingerprint density at radius 3 is 2.75 bits per heavy atom. The number of hydrogen-bond acceptors (Lipinski definition) is 5. The second-order valence-electron chi connectivity index (χ2n) is 4.13. The quantitative estimate of drug-likeness (QED) is 0.344. The van der Waals surface area contributed by atoms with Crippen molar-refractivity contribution in [3.8, 4) is 5.75 Å². The molecule has 0 saturated heterocycles. The summed E-state index contributed by atoms with van der Waals surface area (Å²) in [6, 6.07) is 4.59. The second-order valence-corrected chi connectivity index (χ2v) is 6.87. The number of amidine groups is 1. The normalized spacial score (nSPS) is 12.4. The van der Waals surface area contributed by atoms with Gasteiger partial charge in [-0.05, 0) is 24.6 Å². The molecule has 1 rings (SSSR count). The zero-order valence-electron chi connectivity index (χ0n) is 11.0. The van der Waals surface area contributed by atoms with Crippen LogP contribution in [0.2, 0.25) is 5.02 Å². The third-order valence-electron chi connectivity index (χ3n) is 2.49. The van der Waals surface area contributed by atoms with Gasteiger partial charge in [-0.15, -0.1) is 0 Å². The maximum Gasteiger partial charge on any atom is 0.173 e.